The Labute approximate surface area is 189 Å². The average molecular weight is 465 g/mol. The van der Waals surface area contributed by atoms with E-state index in [1.165, 1.54) is 24.3 Å². The zero-order chi connectivity index (χ0) is 23.6. The van der Waals surface area contributed by atoms with Gasteiger partial charge >= 0.3 is 6.03 Å². The van der Waals surface area contributed by atoms with Gasteiger partial charge in [-0.25, -0.2) is 23.3 Å². The molecule has 0 radical (unpaired) electrons. The van der Waals surface area contributed by atoms with Gasteiger partial charge in [-0.3, -0.25) is 4.79 Å². The Kier molecular flexibility index (Phi) is 5.82. The molecule has 0 aliphatic carbocycles. The number of methoxy groups -OCH3 is 1. The summed E-state index contributed by atoms with van der Waals surface area (Å²) in [4.78, 5) is 28.9. The number of carbonyl (C=O) groups is 2. The van der Waals surface area contributed by atoms with Gasteiger partial charge < -0.3 is 20.7 Å². The van der Waals surface area contributed by atoms with Crippen molar-refractivity contribution in [2.75, 3.05) is 23.1 Å². The number of nitrogens with one attached hydrogen (secondary N) is 3. The highest BCUT2D eigenvalue weighted by Crippen LogP contribution is 2.29. The molecule has 4 rings (SSSR count). The van der Waals surface area contributed by atoms with Gasteiger partial charge in [0.05, 0.1) is 23.4 Å². The number of ether oxygens (including phenoxy) is 1. The third kappa shape index (κ3) is 5.00. The van der Waals surface area contributed by atoms with E-state index in [4.69, 9.17) is 9.88 Å². The van der Waals surface area contributed by atoms with Crippen LogP contribution in [0.25, 0.3) is 0 Å². The van der Waals surface area contributed by atoms with Crippen LogP contribution in [0.4, 0.5) is 27.5 Å². The second-order valence-corrected chi connectivity index (χ2v) is 8.58. The normalized spacial score (nSPS) is 13.9. The van der Waals surface area contributed by atoms with E-state index in [0.717, 1.165) is 0 Å². The van der Waals surface area contributed by atoms with E-state index in [0.29, 0.717) is 34.1 Å². The van der Waals surface area contributed by atoms with Crippen molar-refractivity contribution in [1.29, 1.82) is 0 Å². The highest BCUT2D eigenvalue weighted by atomic mass is 32.2. The van der Waals surface area contributed by atoms with E-state index in [9.17, 15) is 18.0 Å². The molecule has 0 spiro atoms. The van der Waals surface area contributed by atoms with Crippen LogP contribution in [0.15, 0.2) is 76.6 Å². The number of carbonyl (C=O) groups excluding carboxylic acids is 2. The maximum absolute atomic E-state index is 12.3. The third-order valence-corrected chi connectivity index (χ3v) is 5.68. The van der Waals surface area contributed by atoms with Crippen LogP contribution in [0.3, 0.4) is 0 Å². The molecule has 0 unspecified atom stereocenters. The molecular weight excluding hydrogens is 446 g/mol. The highest BCUT2D eigenvalue weighted by molar-refractivity contribution is 7.89. The molecule has 0 fully saturated rings. The number of anilines is 3. The molecule has 3 aromatic carbocycles. The molecule has 0 atom stereocenters. The molecule has 5 N–H and O–H groups in total. The van der Waals surface area contributed by atoms with Crippen LogP contribution >= 0.6 is 0 Å². The topological polar surface area (TPSA) is 152 Å². The van der Waals surface area contributed by atoms with Gasteiger partial charge in [-0.15, -0.1) is 0 Å². The van der Waals surface area contributed by atoms with Crippen molar-refractivity contribution in [2.24, 2.45) is 10.1 Å². The first-order chi connectivity index (χ1) is 15.7. The predicted molar refractivity (Wildman–Crippen MR) is 125 cm³/mol. The zero-order valence-corrected chi connectivity index (χ0v) is 18.1. The van der Waals surface area contributed by atoms with Gasteiger partial charge in [-0.1, -0.05) is 0 Å². The first kappa shape index (κ1) is 22.0. The minimum Gasteiger partial charge on any atom is -0.497 e. The number of hydrogen-bond acceptors (Lipinski definition) is 6. The Bertz CT molecular complexity index is 1370. The second kappa shape index (κ2) is 8.73. The fourth-order valence-corrected chi connectivity index (χ4v) is 3.66. The lowest BCUT2D eigenvalue weighted by Crippen LogP contribution is -2.19. The maximum Gasteiger partial charge on any atom is 0.323 e. The minimum atomic E-state index is -3.80. The number of hydrogen-bond donors (Lipinski definition) is 4. The summed E-state index contributed by atoms with van der Waals surface area (Å²) in [7, 11) is -2.26. The Hall–Kier alpha value is -4.22. The van der Waals surface area contributed by atoms with Crippen LogP contribution in [0.5, 0.6) is 5.75 Å². The Morgan fingerprint density at radius 1 is 0.970 bits per heavy atom. The first-order valence-corrected chi connectivity index (χ1v) is 11.2. The lowest BCUT2D eigenvalue weighted by molar-refractivity contribution is -0.110. The fourth-order valence-electron chi connectivity index (χ4n) is 3.14. The standard InChI is InChI=1S/C22H19N5O5S/c1-32-16-8-11-19-18(12-16)20(21(28)27-19)24-13-2-4-14(5-3-13)25-22(29)26-15-6-9-17(10-7-15)33(23,30)31/h2-12H,1H3,(H2,23,30,31)(H,24,27,28)(H2,25,26,29). The molecule has 33 heavy (non-hydrogen) atoms. The summed E-state index contributed by atoms with van der Waals surface area (Å²) in [5, 5.41) is 13.1. The monoisotopic (exact) mass is 465 g/mol. The fraction of sp³-hybridized carbons (Fsp3) is 0.0455. The van der Waals surface area contributed by atoms with Crippen molar-refractivity contribution in [3.05, 3.63) is 72.3 Å². The number of sulfonamides is 1. The second-order valence-electron chi connectivity index (χ2n) is 7.02. The number of nitrogens with zero attached hydrogens (tertiary/aromatic N) is 1. The van der Waals surface area contributed by atoms with Gasteiger partial charge in [0.2, 0.25) is 10.0 Å². The first-order valence-electron chi connectivity index (χ1n) is 9.62. The number of aliphatic imine (C=N–C) groups is 1. The maximum atomic E-state index is 12.3. The van der Waals surface area contributed by atoms with Crippen LogP contribution < -0.4 is 25.8 Å². The van der Waals surface area contributed by atoms with Crippen LogP contribution in [0, 0.1) is 0 Å². The van der Waals surface area contributed by atoms with Gasteiger partial charge in [0.25, 0.3) is 5.91 Å². The van der Waals surface area contributed by atoms with Gasteiger partial charge in [-0.2, -0.15) is 0 Å². The predicted octanol–water partition coefficient (Wildman–Crippen LogP) is 3.06. The van der Waals surface area contributed by atoms with Crippen molar-refractivity contribution in [3.63, 3.8) is 0 Å². The molecule has 0 saturated heterocycles. The highest BCUT2D eigenvalue weighted by Gasteiger charge is 2.26. The lowest BCUT2D eigenvalue weighted by Gasteiger charge is -2.08. The summed E-state index contributed by atoms with van der Waals surface area (Å²) in [5.74, 6) is 0.302. The van der Waals surface area contributed by atoms with E-state index in [1.54, 1.807) is 49.6 Å². The molecule has 1 aliphatic heterocycles. The summed E-state index contributed by atoms with van der Waals surface area (Å²) in [6.45, 7) is 0. The molecule has 0 bridgehead atoms. The summed E-state index contributed by atoms with van der Waals surface area (Å²) in [6.07, 6.45) is 0. The average Bonchev–Trinajstić information content (AvgIpc) is 3.09. The molecule has 3 amide bonds. The molecule has 3 aromatic rings. The number of benzene rings is 3. The quantitative estimate of drug-likeness (QED) is 0.456. The molecule has 11 heteroatoms. The number of urea groups is 1. The van der Waals surface area contributed by atoms with Gasteiger partial charge in [0.15, 0.2) is 0 Å². The van der Waals surface area contributed by atoms with E-state index in [1.807, 2.05) is 0 Å². The minimum absolute atomic E-state index is 0.0531. The molecule has 1 aliphatic rings. The molecule has 1 heterocycles. The van der Waals surface area contributed by atoms with Crippen molar-refractivity contribution >= 4 is 50.4 Å². The van der Waals surface area contributed by atoms with E-state index in [2.05, 4.69) is 20.9 Å². The van der Waals surface area contributed by atoms with Gasteiger partial charge in [0, 0.05) is 16.9 Å². The largest absolute Gasteiger partial charge is 0.497 e. The SMILES string of the molecule is COc1ccc2c(c1)C(=Nc1ccc(NC(=O)Nc3ccc(S(N)(=O)=O)cc3)cc1)C(=O)N2. The molecule has 168 valence electrons. The molecule has 10 nitrogen and oxygen atoms in total. The Morgan fingerprint density at radius 3 is 2.15 bits per heavy atom. The number of fused-ring (bicyclic) bond motifs is 1. The number of rotatable bonds is 5. The number of amides is 3. The van der Waals surface area contributed by atoms with Crippen LogP contribution in [0.2, 0.25) is 0 Å². The third-order valence-electron chi connectivity index (χ3n) is 4.75. The van der Waals surface area contributed by atoms with Gasteiger partial charge in [-0.05, 0) is 66.7 Å². The summed E-state index contributed by atoms with van der Waals surface area (Å²) in [5.41, 5.74) is 2.99. The summed E-state index contributed by atoms with van der Waals surface area (Å²) < 4.78 is 27.8. The number of primary sulfonamides is 1. The zero-order valence-electron chi connectivity index (χ0n) is 17.3. The van der Waals surface area contributed by atoms with Crippen LogP contribution in [-0.4, -0.2) is 33.2 Å². The lowest BCUT2D eigenvalue weighted by atomic mass is 10.1. The summed E-state index contributed by atoms with van der Waals surface area (Å²) >= 11 is 0. The van der Waals surface area contributed by atoms with Gasteiger partial charge in [0.1, 0.15) is 11.5 Å². The van der Waals surface area contributed by atoms with Crippen molar-refractivity contribution < 1.29 is 22.7 Å². The van der Waals surface area contributed by atoms with Crippen molar-refractivity contribution in [2.45, 2.75) is 4.90 Å². The smallest absolute Gasteiger partial charge is 0.323 e. The van der Waals surface area contributed by atoms with E-state index < -0.39 is 16.1 Å². The molecule has 0 aromatic heterocycles. The number of nitrogens with two attached hydrogens (primary N) is 1. The Balaban J connectivity index is 1.44. The molecular formula is C22H19N5O5S. The van der Waals surface area contributed by atoms with E-state index in [-0.39, 0.29) is 16.5 Å². The van der Waals surface area contributed by atoms with Crippen molar-refractivity contribution in [3.8, 4) is 5.75 Å². The van der Waals surface area contributed by atoms with Crippen LogP contribution in [0.1, 0.15) is 5.56 Å². The molecule has 0 saturated carbocycles. The van der Waals surface area contributed by atoms with Crippen molar-refractivity contribution in [1.82, 2.24) is 0 Å². The van der Waals surface area contributed by atoms with Crippen LogP contribution in [-0.2, 0) is 14.8 Å². The summed E-state index contributed by atoms with van der Waals surface area (Å²) in [6, 6.07) is 16.8. The van der Waals surface area contributed by atoms with E-state index >= 15 is 0 Å². The Morgan fingerprint density at radius 2 is 1.58 bits per heavy atom.